The van der Waals surface area contributed by atoms with E-state index in [0.717, 1.165) is 25.7 Å². The minimum Gasteiger partial charge on any atom is -0.481 e. The van der Waals surface area contributed by atoms with Crippen molar-refractivity contribution in [2.24, 2.45) is 17.3 Å². The third-order valence-electron chi connectivity index (χ3n) is 8.36. The Morgan fingerprint density at radius 2 is 1.81 bits per heavy atom. The summed E-state index contributed by atoms with van der Waals surface area (Å²) in [6, 6.07) is -0.678. The van der Waals surface area contributed by atoms with Gasteiger partial charge in [0.2, 0.25) is 11.8 Å². The maximum atomic E-state index is 14.6. The first kappa shape index (κ1) is 29.0. The molecule has 3 fully saturated rings. The lowest BCUT2D eigenvalue weighted by molar-refractivity contribution is -0.150. The Balaban J connectivity index is 2.02. The van der Waals surface area contributed by atoms with Gasteiger partial charge in [0, 0.05) is 30.0 Å². The Hall–Kier alpha value is -1.54. The average molecular weight is 523 g/mol. The third kappa shape index (κ3) is 5.09. The summed E-state index contributed by atoms with van der Waals surface area (Å²) >= 11 is 1.59. The minimum atomic E-state index is -0.933. The Kier molecular flexibility index (Phi) is 8.32. The van der Waals surface area contributed by atoms with Gasteiger partial charge in [0.1, 0.15) is 6.04 Å². The number of carboxylic acids is 1. The molecule has 2 bridgehead atoms. The van der Waals surface area contributed by atoms with Crippen molar-refractivity contribution >= 4 is 29.5 Å². The Labute approximate surface area is 221 Å². The van der Waals surface area contributed by atoms with E-state index in [-0.39, 0.29) is 23.8 Å². The van der Waals surface area contributed by atoms with Crippen LogP contribution < -0.4 is 0 Å². The van der Waals surface area contributed by atoms with E-state index in [1.165, 1.54) is 0 Å². The second-order valence-corrected chi connectivity index (χ2v) is 14.9. The Morgan fingerprint density at radius 1 is 1.17 bits per heavy atom. The molecule has 0 aromatic heterocycles. The number of fused-ring (bicyclic) bond motifs is 1. The number of thioether (sulfide) groups is 1. The van der Waals surface area contributed by atoms with Crippen molar-refractivity contribution in [1.29, 1.82) is 0 Å². The van der Waals surface area contributed by atoms with E-state index < -0.39 is 38.9 Å². The van der Waals surface area contributed by atoms with Gasteiger partial charge in [-0.25, -0.2) is 0 Å². The van der Waals surface area contributed by atoms with Crippen molar-refractivity contribution in [3.8, 4) is 0 Å². The Bertz CT molecular complexity index is 884. The fourth-order valence-corrected chi connectivity index (χ4v) is 9.72. The molecule has 0 aromatic carbocycles. The number of unbranched alkanes of at least 4 members (excludes halogenated alkanes) is 3. The van der Waals surface area contributed by atoms with Crippen LogP contribution in [0.1, 0.15) is 86.5 Å². The van der Waals surface area contributed by atoms with Gasteiger partial charge in [0.25, 0.3) is 0 Å². The summed E-state index contributed by atoms with van der Waals surface area (Å²) in [6.45, 7) is 17.4. The van der Waals surface area contributed by atoms with E-state index in [9.17, 15) is 19.5 Å². The quantitative estimate of drug-likeness (QED) is 0.292. The molecule has 3 aliphatic heterocycles. The highest BCUT2D eigenvalue weighted by Crippen LogP contribution is 2.71. The van der Waals surface area contributed by atoms with E-state index in [4.69, 9.17) is 5.11 Å². The minimum absolute atomic E-state index is 0.00957. The van der Waals surface area contributed by atoms with Crippen molar-refractivity contribution in [2.75, 3.05) is 19.7 Å². The van der Waals surface area contributed by atoms with E-state index in [1.54, 1.807) is 22.7 Å². The van der Waals surface area contributed by atoms with Crippen LogP contribution in [0.4, 0.5) is 0 Å². The number of carboxylic acid groups (broad SMARTS) is 1. The third-order valence-corrected chi connectivity index (χ3v) is 10.3. The molecule has 0 saturated carbocycles. The molecule has 0 aromatic rings. The fourth-order valence-electron chi connectivity index (χ4n) is 7.37. The number of aliphatic carboxylic acids is 1. The number of hydrogen-bond acceptors (Lipinski definition) is 5. The molecule has 3 heterocycles. The second kappa shape index (κ2) is 10.3. The molecule has 8 heteroatoms. The van der Waals surface area contributed by atoms with Gasteiger partial charge in [-0.3, -0.25) is 14.4 Å². The molecule has 2 amide bonds. The first-order chi connectivity index (χ1) is 16.6. The lowest BCUT2D eigenvalue weighted by Gasteiger charge is -2.46. The summed E-state index contributed by atoms with van der Waals surface area (Å²) in [5, 5.41) is 19.3. The largest absolute Gasteiger partial charge is 0.481 e. The van der Waals surface area contributed by atoms with Gasteiger partial charge >= 0.3 is 5.97 Å². The molecule has 3 rings (SSSR count). The molecule has 5 atom stereocenters. The van der Waals surface area contributed by atoms with Crippen LogP contribution in [-0.2, 0) is 14.4 Å². The SMILES string of the molecule is C=CCN(C(=O)C1N(CCCCCCO)C(=O)[C@@H]2[C@H](C(=O)O)[C@]3(C)CCC12S3)C(C)(C)CC(C)(C)C. The van der Waals surface area contributed by atoms with E-state index in [2.05, 4.69) is 41.2 Å². The molecule has 204 valence electrons. The number of carbonyl (C=O) groups excluding carboxylic acids is 2. The summed E-state index contributed by atoms with van der Waals surface area (Å²) in [4.78, 5) is 44.5. The molecule has 2 unspecified atom stereocenters. The number of rotatable bonds is 12. The van der Waals surface area contributed by atoms with Crippen LogP contribution in [0, 0.1) is 17.3 Å². The van der Waals surface area contributed by atoms with Crippen molar-refractivity contribution in [1.82, 2.24) is 9.80 Å². The number of nitrogens with zero attached hydrogens (tertiary/aromatic N) is 2. The van der Waals surface area contributed by atoms with Crippen molar-refractivity contribution in [2.45, 2.75) is 108 Å². The zero-order valence-corrected chi connectivity index (χ0v) is 23.8. The smallest absolute Gasteiger partial charge is 0.308 e. The van der Waals surface area contributed by atoms with Crippen LogP contribution >= 0.6 is 11.8 Å². The van der Waals surface area contributed by atoms with Gasteiger partial charge < -0.3 is 20.0 Å². The zero-order valence-electron chi connectivity index (χ0n) is 23.0. The number of hydrogen-bond donors (Lipinski definition) is 2. The van der Waals surface area contributed by atoms with Crippen molar-refractivity contribution in [3.63, 3.8) is 0 Å². The maximum Gasteiger partial charge on any atom is 0.308 e. The lowest BCUT2D eigenvalue weighted by atomic mass is 9.66. The molecular weight excluding hydrogens is 476 g/mol. The summed E-state index contributed by atoms with van der Waals surface area (Å²) in [7, 11) is 0. The summed E-state index contributed by atoms with van der Waals surface area (Å²) in [5.41, 5.74) is -0.476. The first-order valence-corrected chi connectivity index (χ1v) is 14.2. The normalized spacial score (nSPS) is 31.6. The summed E-state index contributed by atoms with van der Waals surface area (Å²) in [5.74, 6) is -2.66. The van der Waals surface area contributed by atoms with Crippen molar-refractivity contribution in [3.05, 3.63) is 12.7 Å². The average Bonchev–Trinajstić information content (AvgIpc) is 3.30. The van der Waals surface area contributed by atoms with Crippen LogP contribution in [0.2, 0.25) is 0 Å². The van der Waals surface area contributed by atoms with Gasteiger partial charge in [0.05, 0.1) is 16.6 Å². The number of aliphatic hydroxyl groups is 1. The van der Waals surface area contributed by atoms with Crippen LogP contribution in [-0.4, -0.2) is 78.6 Å². The van der Waals surface area contributed by atoms with E-state index in [0.29, 0.717) is 32.4 Å². The summed E-state index contributed by atoms with van der Waals surface area (Å²) < 4.78 is -1.25. The fraction of sp³-hybridized carbons (Fsp3) is 0.821. The Morgan fingerprint density at radius 3 is 2.36 bits per heavy atom. The molecule has 7 nitrogen and oxygen atoms in total. The lowest BCUT2D eigenvalue weighted by Crippen LogP contribution is -2.60. The highest BCUT2D eigenvalue weighted by Gasteiger charge is 2.77. The van der Waals surface area contributed by atoms with Gasteiger partial charge in [-0.2, -0.15) is 0 Å². The molecule has 3 aliphatic rings. The predicted octanol–water partition coefficient (Wildman–Crippen LogP) is 4.33. The molecule has 0 radical (unpaired) electrons. The molecule has 2 N–H and O–H groups in total. The van der Waals surface area contributed by atoms with Crippen LogP contribution in [0.25, 0.3) is 0 Å². The zero-order chi connectivity index (χ0) is 27.1. The first-order valence-electron chi connectivity index (χ1n) is 13.4. The molecule has 36 heavy (non-hydrogen) atoms. The molecular formula is C28H46N2O5S. The number of likely N-dealkylation sites (tertiary alicyclic amines) is 1. The van der Waals surface area contributed by atoms with Gasteiger partial charge in [0.15, 0.2) is 0 Å². The standard InChI is InChI=1S/C28H46N2O5S/c1-8-15-30(26(5,6)18-25(2,3)4)23(33)21-28-14-13-27(7,36-28)20(24(34)35)19(28)22(32)29(21)16-11-9-10-12-17-31/h8,19-21,31H,1,9-18H2,2-7H3,(H,34,35)/t19-,20+,21?,27-,28?/m0/s1. The molecule has 3 saturated heterocycles. The van der Waals surface area contributed by atoms with E-state index in [1.807, 2.05) is 11.8 Å². The number of carbonyl (C=O) groups is 3. The molecule has 1 spiro atoms. The van der Waals surface area contributed by atoms with Gasteiger partial charge in [-0.05, 0) is 58.3 Å². The highest BCUT2D eigenvalue weighted by molar-refractivity contribution is 8.02. The van der Waals surface area contributed by atoms with Crippen LogP contribution in [0.5, 0.6) is 0 Å². The van der Waals surface area contributed by atoms with Crippen LogP contribution in [0.3, 0.4) is 0 Å². The van der Waals surface area contributed by atoms with Gasteiger partial charge in [-0.1, -0.05) is 39.7 Å². The van der Waals surface area contributed by atoms with E-state index >= 15 is 0 Å². The number of aliphatic hydroxyl groups excluding tert-OH is 1. The molecule has 0 aliphatic carbocycles. The highest BCUT2D eigenvalue weighted by atomic mass is 32.2. The summed E-state index contributed by atoms with van der Waals surface area (Å²) in [6.07, 6.45) is 7.04. The van der Waals surface area contributed by atoms with Gasteiger partial charge in [-0.15, -0.1) is 18.3 Å². The van der Waals surface area contributed by atoms with Crippen molar-refractivity contribution < 1.29 is 24.6 Å². The monoisotopic (exact) mass is 522 g/mol. The maximum absolute atomic E-state index is 14.6. The topological polar surface area (TPSA) is 98.2 Å². The number of amides is 2. The second-order valence-electron chi connectivity index (χ2n) is 13.0. The van der Waals surface area contributed by atoms with Crippen LogP contribution in [0.15, 0.2) is 12.7 Å². The predicted molar refractivity (Wildman–Crippen MR) is 144 cm³/mol.